The summed E-state index contributed by atoms with van der Waals surface area (Å²) in [5, 5.41) is 7.00. The van der Waals surface area contributed by atoms with Crippen molar-refractivity contribution >= 4 is 5.90 Å². The van der Waals surface area contributed by atoms with Crippen LogP contribution < -0.4 is 5.73 Å². The summed E-state index contributed by atoms with van der Waals surface area (Å²) in [6.07, 6.45) is 1.82. The van der Waals surface area contributed by atoms with E-state index in [-0.39, 0.29) is 6.10 Å². The minimum absolute atomic E-state index is 0.127. The Bertz CT molecular complexity index is 103. The largest absolute Gasteiger partial charge is 0.477 e. The fourth-order valence-corrected chi connectivity index (χ4v) is 0.777. The van der Waals surface area contributed by atoms with Gasteiger partial charge < -0.3 is 10.5 Å². The van der Waals surface area contributed by atoms with Gasteiger partial charge in [-0.05, 0) is 6.42 Å². The Kier molecular flexibility index (Phi) is 1.48. The van der Waals surface area contributed by atoms with E-state index in [4.69, 9.17) is 15.9 Å². The summed E-state index contributed by atoms with van der Waals surface area (Å²) >= 11 is 0. The highest BCUT2D eigenvalue weighted by molar-refractivity contribution is 5.74. The summed E-state index contributed by atoms with van der Waals surface area (Å²) in [6, 6.07) is 0. The van der Waals surface area contributed by atoms with Gasteiger partial charge in [0.1, 0.15) is 6.10 Å². The van der Waals surface area contributed by atoms with Gasteiger partial charge in [0.25, 0.3) is 0 Å². The molecular weight excluding hydrogens is 104 g/mol. The minimum Gasteiger partial charge on any atom is -0.477 e. The maximum Gasteiger partial charge on any atom is 0.180 e. The molecule has 3 N–H and O–H groups in total. The maximum absolute atomic E-state index is 7.00. The summed E-state index contributed by atoms with van der Waals surface area (Å²) < 4.78 is 4.97. The first-order valence-electron chi connectivity index (χ1n) is 2.77. The van der Waals surface area contributed by atoms with E-state index in [0.29, 0.717) is 12.4 Å². The maximum atomic E-state index is 7.00. The van der Waals surface area contributed by atoms with Gasteiger partial charge in [0, 0.05) is 13.0 Å². The van der Waals surface area contributed by atoms with Crippen LogP contribution in [0.1, 0.15) is 12.8 Å². The number of nitrogens with one attached hydrogen (secondary N) is 1. The Labute approximate surface area is 48.3 Å². The van der Waals surface area contributed by atoms with Crippen molar-refractivity contribution in [3.63, 3.8) is 0 Å². The number of hydrogen-bond donors (Lipinski definition) is 2. The molecule has 1 aliphatic rings. The molecule has 0 aromatic heterocycles. The lowest BCUT2D eigenvalue weighted by Gasteiger charge is -2.03. The Morgan fingerprint density at radius 2 is 2.62 bits per heavy atom. The van der Waals surface area contributed by atoms with E-state index in [0.717, 1.165) is 12.8 Å². The van der Waals surface area contributed by atoms with Crippen LogP contribution in [0.25, 0.3) is 0 Å². The van der Waals surface area contributed by atoms with Crippen LogP contribution in [-0.4, -0.2) is 18.5 Å². The molecule has 0 saturated carbocycles. The molecule has 0 aromatic carbocycles. The van der Waals surface area contributed by atoms with Crippen LogP contribution in [0.15, 0.2) is 0 Å². The molecule has 3 heteroatoms. The Morgan fingerprint density at radius 3 is 2.88 bits per heavy atom. The third kappa shape index (κ3) is 0.980. The summed E-state index contributed by atoms with van der Waals surface area (Å²) in [5.41, 5.74) is 5.27. The predicted molar refractivity (Wildman–Crippen MR) is 30.9 cm³/mol. The Morgan fingerprint density at radius 1 is 1.88 bits per heavy atom. The van der Waals surface area contributed by atoms with E-state index in [2.05, 4.69) is 0 Å². The van der Waals surface area contributed by atoms with Gasteiger partial charge in [-0.2, -0.15) is 0 Å². The van der Waals surface area contributed by atoms with Crippen molar-refractivity contribution in [2.75, 3.05) is 6.54 Å². The molecule has 3 nitrogen and oxygen atoms in total. The van der Waals surface area contributed by atoms with Gasteiger partial charge in [-0.25, -0.2) is 0 Å². The fraction of sp³-hybridized carbons (Fsp3) is 0.800. The molecule has 0 aromatic rings. The van der Waals surface area contributed by atoms with E-state index in [1.165, 1.54) is 0 Å². The normalized spacial score (nSPS) is 28.1. The first kappa shape index (κ1) is 5.56. The van der Waals surface area contributed by atoms with Crippen LogP contribution >= 0.6 is 0 Å². The van der Waals surface area contributed by atoms with Crippen molar-refractivity contribution in [2.45, 2.75) is 18.9 Å². The van der Waals surface area contributed by atoms with Gasteiger partial charge in [0.05, 0.1) is 0 Å². The minimum atomic E-state index is 0.127. The molecule has 1 rings (SSSR count). The molecule has 1 unspecified atom stereocenters. The van der Waals surface area contributed by atoms with Gasteiger partial charge in [-0.15, -0.1) is 0 Å². The van der Waals surface area contributed by atoms with E-state index in [1.807, 2.05) is 0 Å². The second-order valence-corrected chi connectivity index (χ2v) is 1.94. The predicted octanol–water partition coefficient (Wildman–Crippen LogP) is 0.101. The highest BCUT2D eigenvalue weighted by atomic mass is 16.5. The first-order valence-corrected chi connectivity index (χ1v) is 2.77. The fourth-order valence-electron chi connectivity index (χ4n) is 0.777. The second kappa shape index (κ2) is 2.13. The van der Waals surface area contributed by atoms with Crippen molar-refractivity contribution in [3.05, 3.63) is 0 Å². The van der Waals surface area contributed by atoms with Crippen LogP contribution in [-0.2, 0) is 4.74 Å². The van der Waals surface area contributed by atoms with Gasteiger partial charge in [0.2, 0.25) is 0 Å². The molecule has 1 aliphatic heterocycles. The average molecular weight is 114 g/mol. The van der Waals surface area contributed by atoms with Crippen molar-refractivity contribution in [3.8, 4) is 0 Å². The summed E-state index contributed by atoms with van der Waals surface area (Å²) in [5.74, 6) is 0.389. The van der Waals surface area contributed by atoms with Crippen LogP contribution in [0.2, 0.25) is 0 Å². The van der Waals surface area contributed by atoms with Crippen LogP contribution in [0, 0.1) is 5.41 Å². The van der Waals surface area contributed by atoms with E-state index in [9.17, 15) is 0 Å². The highest BCUT2D eigenvalue weighted by Crippen LogP contribution is 2.11. The first-order chi connectivity index (χ1) is 3.83. The zero-order valence-electron chi connectivity index (χ0n) is 4.68. The van der Waals surface area contributed by atoms with Crippen LogP contribution in [0.3, 0.4) is 0 Å². The van der Waals surface area contributed by atoms with Gasteiger partial charge in [-0.3, -0.25) is 5.41 Å². The zero-order chi connectivity index (χ0) is 5.98. The molecule has 1 atom stereocenters. The lowest BCUT2D eigenvalue weighted by molar-refractivity contribution is 0.225. The topological polar surface area (TPSA) is 59.1 Å². The number of ether oxygens (including phenoxy) is 1. The van der Waals surface area contributed by atoms with Gasteiger partial charge in [-0.1, -0.05) is 0 Å². The molecule has 8 heavy (non-hydrogen) atoms. The molecule has 0 bridgehead atoms. The smallest absolute Gasteiger partial charge is 0.180 e. The number of rotatable bonds is 1. The lowest BCUT2D eigenvalue weighted by Crippen LogP contribution is -2.18. The molecule has 1 fully saturated rings. The van der Waals surface area contributed by atoms with E-state index < -0.39 is 0 Å². The molecule has 0 spiro atoms. The number of nitrogens with two attached hydrogens (primary N) is 1. The van der Waals surface area contributed by atoms with Crippen molar-refractivity contribution < 1.29 is 4.74 Å². The third-order valence-corrected chi connectivity index (χ3v) is 1.27. The molecule has 0 aliphatic carbocycles. The molecule has 46 valence electrons. The quantitative estimate of drug-likeness (QED) is 0.508. The molecule has 1 heterocycles. The Balaban J connectivity index is 2.32. The second-order valence-electron chi connectivity index (χ2n) is 1.94. The average Bonchev–Trinajstić information content (AvgIpc) is 2.14. The van der Waals surface area contributed by atoms with Crippen LogP contribution in [0.5, 0.6) is 0 Å². The van der Waals surface area contributed by atoms with E-state index >= 15 is 0 Å². The van der Waals surface area contributed by atoms with Crippen LogP contribution in [0.4, 0.5) is 0 Å². The lowest BCUT2D eigenvalue weighted by atomic mass is 10.2. The molecular formula is C5H10N2O. The summed E-state index contributed by atoms with van der Waals surface area (Å²) in [6.45, 7) is 0.544. The molecule has 0 radical (unpaired) electrons. The van der Waals surface area contributed by atoms with Crippen molar-refractivity contribution in [2.24, 2.45) is 5.73 Å². The SMILES string of the molecule is N=C1CCC(CN)O1. The van der Waals surface area contributed by atoms with E-state index in [1.54, 1.807) is 0 Å². The monoisotopic (exact) mass is 114 g/mol. The highest BCUT2D eigenvalue weighted by Gasteiger charge is 2.17. The molecule has 0 amide bonds. The molecule has 1 saturated heterocycles. The third-order valence-electron chi connectivity index (χ3n) is 1.27. The standard InChI is InChI=1S/C5H10N2O/c6-3-4-1-2-5(7)8-4/h4,7H,1-3,6H2. The van der Waals surface area contributed by atoms with Gasteiger partial charge >= 0.3 is 0 Å². The number of hydrogen-bond acceptors (Lipinski definition) is 3. The zero-order valence-corrected chi connectivity index (χ0v) is 4.68. The Hall–Kier alpha value is -0.570. The van der Waals surface area contributed by atoms with Crippen molar-refractivity contribution in [1.82, 2.24) is 0 Å². The van der Waals surface area contributed by atoms with Crippen molar-refractivity contribution in [1.29, 1.82) is 5.41 Å². The van der Waals surface area contributed by atoms with Gasteiger partial charge in [0.15, 0.2) is 5.90 Å². The summed E-state index contributed by atoms with van der Waals surface area (Å²) in [4.78, 5) is 0. The summed E-state index contributed by atoms with van der Waals surface area (Å²) in [7, 11) is 0.